The van der Waals surface area contributed by atoms with Gasteiger partial charge in [0.2, 0.25) is 0 Å². The van der Waals surface area contributed by atoms with E-state index in [1.165, 1.54) is 5.56 Å². The van der Waals surface area contributed by atoms with Crippen LogP contribution in [-0.4, -0.2) is 16.0 Å². The molecule has 1 heterocycles. The molecular formula is C17H16N4. The van der Waals surface area contributed by atoms with Crippen molar-refractivity contribution in [1.29, 1.82) is 0 Å². The fraction of sp³-hybridized carbons (Fsp3) is 0.0588. The van der Waals surface area contributed by atoms with E-state index in [4.69, 9.17) is 0 Å². The summed E-state index contributed by atoms with van der Waals surface area (Å²) in [5.41, 5.74) is 6.24. The van der Waals surface area contributed by atoms with Crippen LogP contribution in [0.25, 0.3) is 0 Å². The molecule has 0 fully saturated rings. The van der Waals surface area contributed by atoms with E-state index in [9.17, 15) is 0 Å². The molecule has 0 aliphatic rings. The predicted octanol–water partition coefficient (Wildman–Crippen LogP) is 3.38. The third kappa shape index (κ3) is 3.79. The topological polar surface area (TPSA) is 42.2 Å². The van der Waals surface area contributed by atoms with Crippen LogP contribution in [0.15, 0.2) is 78.2 Å². The zero-order valence-electron chi connectivity index (χ0n) is 11.6. The Morgan fingerprint density at radius 1 is 1.05 bits per heavy atom. The van der Waals surface area contributed by atoms with E-state index >= 15 is 0 Å². The Hall–Kier alpha value is -2.88. The molecule has 4 heteroatoms. The van der Waals surface area contributed by atoms with Gasteiger partial charge in [0, 0.05) is 12.4 Å². The van der Waals surface area contributed by atoms with Crippen LogP contribution in [0.1, 0.15) is 11.1 Å². The van der Waals surface area contributed by atoms with E-state index in [0.29, 0.717) is 0 Å². The molecule has 3 aromatic rings. The average Bonchev–Trinajstić information content (AvgIpc) is 3.02. The molecule has 0 unspecified atom stereocenters. The maximum Gasteiger partial charge on any atom is 0.0659 e. The molecule has 0 amide bonds. The van der Waals surface area contributed by atoms with Crippen molar-refractivity contribution in [2.24, 2.45) is 5.10 Å². The molecule has 0 bridgehead atoms. The Bertz CT molecular complexity index is 703. The minimum absolute atomic E-state index is 0.765. The minimum Gasteiger partial charge on any atom is -0.279 e. The molecule has 0 saturated carbocycles. The van der Waals surface area contributed by atoms with Crippen molar-refractivity contribution in [2.45, 2.75) is 6.54 Å². The third-order valence-electron chi connectivity index (χ3n) is 3.04. The summed E-state index contributed by atoms with van der Waals surface area (Å²) in [6, 6.07) is 20.1. The van der Waals surface area contributed by atoms with Crippen LogP contribution in [0.5, 0.6) is 0 Å². The van der Waals surface area contributed by atoms with Crippen molar-refractivity contribution in [3.8, 4) is 0 Å². The molecule has 4 nitrogen and oxygen atoms in total. The Kier molecular flexibility index (Phi) is 4.07. The number of anilines is 1. The minimum atomic E-state index is 0.765. The van der Waals surface area contributed by atoms with Crippen LogP contribution >= 0.6 is 0 Å². The summed E-state index contributed by atoms with van der Waals surface area (Å²) in [4.78, 5) is 0. The monoisotopic (exact) mass is 276 g/mol. The summed E-state index contributed by atoms with van der Waals surface area (Å²) in [5.74, 6) is 0. The number of para-hydroxylation sites is 1. The van der Waals surface area contributed by atoms with Crippen LogP contribution in [-0.2, 0) is 6.54 Å². The molecule has 0 radical (unpaired) electrons. The molecule has 21 heavy (non-hydrogen) atoms. The van der Waals surface area contributed by atoms with E-state index in [1.807, 2.05) is 65.6 Å². The van der Waals surface area contributed by atoms with E-state index in [-0.39, 0.29) is 0 Å². The largest absolute Gasteiger partial charge is 0.279 e. The van der Waals surface area contributed by atoms with Gasteiger partial charge in [0.25, 0.3) is 0 Å². The molecule has 3 rings (SSSR count). The van der Waals surface area contributed by atoms with Crippen LogP contribution < -0.4 is 5.43 Å². The third-order valence-corrected chi connectivity index (χ3v) is 3.04. The maximum atomic E-state index is 4.25. The molecule has 0 aliphatic carbocycles. The highest BCUT2D eigenvalue weighted by molar-refractivity contribution is 5.80. The van der Waals surface area contributed by atoms with Gasteiger partial charge >= 0.3 is 0 Å². The average molecular weight is 276 g/mol. The van der Waals surface area contributed by atoms with Crippen molar-refractivity contribution in [3.05, 3.63) is 84.2 Å². The fourth-order valence-corrected chi connectivity index (χ4v) is 2.05. The zero-order chi connectivity index (χ0) is 14.3. The van der Waals surface area contributed by atoms with Crippen LogP contribution in [0, 0.1) is 0 Å². The molecule has 1 N–H and O–H groups in total. The van der Waals surface area contributed by atoms with Crippen molar-refractivity contribution < 1.29 is 0 Å². The first-order valence-corrected chi connectivity index (χ1v) is 6.81. The Balaban J connectivity index is 1.65. The molecule has 0 saturated heterocycles. The van der Waals surface area contributed by atoms with Crippen molar-refractivity contribution in [2.75, 3.05) is 5.43 Å². The summed E-state index contributed by atoms with van der Waals surface area (Å²) in [5, 5.41) is 8.47. The Morgan fingerprint density at radius 2 is 1.95 bits per heavy atom. The summed E-state index contributed by atoms with van der Waals surface area (Å²) in [7, 11) is 0. The second kappa shape index (κ2) is 6.52. The first kappa shape index (κ1) is 13.1. The number of hydrogen-bond acceptors (Lipinski definition) is 3. The lowest BCUT2D eigenvalue weighted by Gasteiger charge is -2.03. The summed E-state index contributed by atoms with van der Waals surface area (Å²) in [6.45, 7) is 0.765. The van der Waals surface area contributed by atoms with Crippen LogP contribution in [0.3, 0.4) is 0 Å². The summed E-state index contributed by atoms with van der Waals surface area (Å²) in [6.07, 6.45) is 5.56. The number of nitrogens with zero attached hydrogens (tertiary/aromatic N) is 3. The van der Waals surface area contributed by atoms with Gasteiger partial charge in [-0.1, -0.05) is 36.4 Å². The number of rotatable bonds is 5. The number of benzene rings is 2. The highest BCUT2D eigenvalue weighted by atomic mass is 15.3. The number of nitrogens with one attached hydrogen (secondary N) is 1. The summed E-state index contributed by atoms with van der Waals surface area (Å²) >= 11 is 0. The second-order valence-corrected chi connectivity index (χ2v) is 4.68. The lowest BCUT2D eigenvalue weighted by Crippen LogP contribution is -2.00. The normalized spacial score (nSPS) is 10.9. The van der Waals surface area contributed by atoms with Gasteiger partial charge in [0.05, 0.1) is 18.4 Å². The first-order valence-electron chi connectivity index (χ1n) is 6.81. The quantitative estimate of drug-likeness (QED) is 0.573. The van der Waals surface area contributed by atoms with Gasteiger partial charge in [-0.2, -0.15) is 10.2 Å². The van der Waals surface area contributed by atoms with E-state index < -0.39 is 0 Å². The van der Waals surface area contributed by atoms with Gasteiger partial charge in [-0.3, -0.25) is 10.1 Å². The lowest BCUT2D eigenvalue weighted by molar-refractivity contribution is 0.687. The lowest BCUT2D eigenvalue weighted by atomic mass is 10.1. The molecule has 2 aromatic carbocycles. The molecule has 0 aliphatic heterocycles. The molecular weight excluding hydrogens is 260 g/mol. The van der Waals surface area contributed by atoms with Crippen molar-refractivity contribution in [3.63, 3.8) is 0 Å². The number of hydrazone groups is 1. The van der Waals surface area contributed by atoms with E-state index in [0.717, 1.165) is 17.8 Å². The van der Waals surface area contributed by atoms with Gasteiger partial charge in [0.1, 0.15) is 0 Å². The van der Waals surface area contributed by atoms with Gasteiger partial charge < -0.3 is 0 Å². The Morgan fingerprint density at radius 3 is 2.76 bits per heavy atom. The van der Waals surface area contributed by atoms with Crippen molar-refractivity contribution >= 4 is 11.9 Å². The van der Waals surface area contributed by atoms with Crippen LogP contribution in [0.2, 0.25) is 0 Å². The van der Waals surface area contributed by atoms with E-state index in [1.54, 1.807) is 6.20 Å². The molecule has 1 aromatic heterocycles. The van der Waals surface area contributed by atoms with Gasteiger partial charge in [0.15, 0.2) is 0 Å². The fourth-order valence-electron chi connectivity index (χ4n) is 2.05. The highest BCUT2D eigenvalue weighted by Gasteiger charge is 1.96. The first-order chi connectivity index (χ1) is 10.4. The smallest absolute Gasteiger partial charge is 0.0659 e. The van der Waals surface area contributed by atoms with E-state index in [2.05, 4.69) is 27.8 Å². The zero-order valence-corrected chi connectivity index (χ0v) is 11.6. The Labute approximate surface area is 123 Å². The van der Waals surface area contributed by atoms with Gasteiger partial charge in [-0.15, -0.1) is 0 Å². The standard InChI is InChI=1S/C17H16N4/c1-2-8-17(9-3-1)20-18-13-15-6-4-7-16(12-15)14-21-11-5-10-19-21/h1-13,20H,14H2. The SMILES string of the molecule is C(=NNc1ccccc1)c1cccc(Cn2cccn2)c1. The van der Waals surface area contributed by atoms with Crippen molar-refractivity contribution in [1.82, 2.24) is 9.78 Å². The molecule has 0 atom stereocenters. The van der Waals surface area contributed by atoms with Crippen LogP contribution in [0.4, 0.5) is 5.69 Å². The summed E-state index contributed by atoms with van der Waals surface area (Å²) < 4.78 is 1.90. The molecule has 104 valence electrons. The number of aromatic nitrogens is 2. The second-order valence-electron chi connectivity index (χ2n) is 4.68. The predicted molar refractivity (Wildman–Crippen MR) is 85.4 cm³/mol. The number of hydrogen-bond donors (Lipinski definition) is 1. The van der Waals surface area contributed by atoms with Gasteiger partial charge in [-0.25, -0.2) is 0 Å². The molecule has 0 spiro atoms. The van der Waals surface area contributed by atoms with Gasteiger partial charge in [-0.05, 0) is 35.4 Å². The highest BCUT2D eigenvalue weighted by Crippen LogP contribution is 2.07. The maximum absolute atomic E-state index is 4.25.